The van der Waals surface area contributed by atoms with Crippen molar-refractivity contribution >= 4 is 0 Å². The number of aryl methyl sites for hydroxylation is 2. The summed E-state index contributed by atoms with van der Waals surface area (Å²) in [6.45, 7) is 10.8. The molecule has 20 heavy (non-hydrogen) atoms. The van der Waals surface area contributed by atoms with E-state index in [2.05, 4.69) is 43.9 Å². The Bertz CT molecular complexity index is 427. The number of ether oxygens (including phenoxy) is 1. The number of hydrogen-bond acceptors (Lipinski definition) is 3. The summed E-state index contributed by atoms with van der Waals surface area (Å²) in [7, 11) is 0. The van der Waals surface area contributed by atoms with Crippen LogP contribution >= 0.6 is 0 Å². The fraction of sp³-hybridized carbons (Fsp3) is 0.647. The largest absolute Gasteiger partial charge is 0.387 e. The summed E-state index contributed by atoms with van der Waals surface area (Å²) in [6.07, 6.45) is 0.743. The minimum absolute atomic E-state index is 0.405. The molecule has 0 amide bonds. The number of benzene rings is 1. The van der Waals surface area contributed by atoms with Crippen molar-refractivity contribution in [2.45, 2.75) is 33.3 Å². The van der Waals surface area contributed by atoms with E-state index in [9.17, 15) is 5.11 Å². The van der Waals surface area contributed by atoms with E-state index >= 15 is 0 Å². The van der Waals surface area contributed by atoms with Gasteiger partial charge in [-0.05, 0) is 43.9 Å². The lowest BCUT2D eigenvalue weighted by Crippen LogP contribution is -2.33. The molecule has 112 valence electrons. The van der Waals surface area contributed by atoms with Crippen LogP contribution in [0.3, 0.4) is 0 Å². The third-order valence-electron chi connectivity index (χ3n) is 4.21. The number of aliphatic hydroxyl groups excluding tert-OH is 1. The van der Waals surface area contributed by atoms with Crippen molar-refractivity contribution in [3.05, 3.63) is 34.9 Å². The quantitative estimate of drug-likeness (QED) is 0.868. The SMILES string of the molecule is CCN(CC1CCOC1)CC(O)c1cc(C)ccc1C. The van der Waals surface area contributed by atoms with Crippen LogP contribution in [0.1, 0.15) is 36.1 Å². The van der Waals surface area contributed by atoms with Crippen LogP contribution in [0.25, 0.3) is 0 Å². The molecule has 1 fully saturated rings. The Morgan fingerprint density at radius 1 is 1.40 bits per heavy atom. The summed E-state index contributed by atoms with van der Waals surface area (Å²) in [5, 5.41) is 10.5. The molecule has 2 unspecified atom stereocenters. The molecule has 0 bridgehead atoms. The summed E-state index contributed by atoms with van der Waals surface area (Å²) in [6, 6.07) is 6.29. The maximum atomic E-state index is 10.5. The lowest BCUT2D eigenvalue weighted by molar-refractivity contribution is 0.101. The lowest BCUT2D eigenvalue weighted by Gasteiger charge is -2.26. The van der Waals surface area contributed by atoms with Gasteiger partial charge in [-0.15, -0.1) is 0 Å². The van der Waals surface area contributed by atoms with E-state index < -0.39 is 6.10 Å². The minimum atomic E-state index is -0.405. The number of hydrogen-bond donors (Lipinski definition) is 1. The highest BCUT2D eigenvalue weighted by Gasteiger charge is 2.21. The van der Waals surface area contributed by atoms with E-state index in [0.717, 1.165) is 38.3 Å². The molecule has 3 heteroatoms. The first kappa shape index (κ1) is 15.5. The van der Waals surface area contributed by atoms with Gasteiger partial charge in [0.05, 0.1) is 12.7 Å². The second-order valence-corrected chi connectivity index (χ2v) is 5.96. The van der Waals surface area contributed by atoms with Crippen molar-refractivity contribution in [3.8, 4) is 0 Å². The molecule has 0 aromatic heterocycles. The van der Waals surface area contributed by atoms with E-state index in [1.807, 2.05) is 0 Å². The molecule has 1 heterocycles. The lowest BCUT2D eigenvalue weighted by atomic mass is 10.00. The average Bonchev–Trinajstić information content (AvgIpc) is 2.93. The highest BCUT2D eigenvalue weighted by atomic mass is 16.5. The fourth-order valence-electron chi connectivity index (χ4n) is 2.89. The van der Waals surface area contributed by atoms with Crippen molar-refractivity contribution in [1.29, 1.82) is 0 Å². The van der Waals surface area contributed by atoms with Gasteiger partial charge in [-0.3, -0.25) is 0 Å². The molecule has 0 spiro atoms. The van der Waals surface area contributed by atoms with Gasteiger partial charge in [0.25, 0.3) is 0 Å². The minimum Gasteiger partial charge on any atom is -0.387 e. The summed E-state index contributed by atoms with van der Waals surface area (Å²) in [5.41, 5.74) is 3.44. The van der Waals surface area contributed by atoms with Crippen LogP contribution in [0.4, 0.5) is 0 Å². The van der Waals surface area contributed by atoms with Gasteiger partial charge in [0.2, 0.25) is 0 Å². The molecular weight excluding hydrogens is 250 g/mol. The molecule has 0 radical (unpaired) electrons. The standard InChI is InChI=1S/C17H27NO2/c1-4-18(10-15-7-8-20-12-15)11-17(19)16-9-13(2)5-6-14(16)3/h5-6,9,15,17,19H,4,7-8,10-12H2,1-3H3. The smallest absolute Gasteiger partial charge is 0.0919 e. The second-order valence-electron chi connectivity index (χ2n) is 5.96. The van der Waals surface area contributed by atoms with Crippen molar-refractivity contribution in [2.24, 2.45) is 5.92 Å². The zero-order valence-corrected chi connectivity index (χ0v) is 12.9. The Morgan fingerprint density at radius 2 is 2.20 bits per heavy atom. The second kappa shape index (κ2) is 7.21. The van der Waals surface area contributed by atoms with Crippen molar-refractivity contribution in [2.75, 3.05) is 32.8 Å². The number of nitrogens with zero attached hydrogens (tertiary/aromatic N) is 1. The first-order valence-corrected chi connectivity index (χ1v) is 7.65. The molecule has 0 aliphatic carbocycles. The Kier molecular flexibility index (Phi) is 5.58. The number of aliphatic hydroxyl groups is 1. The zero-order valence-electron chi connectivity index (χ0n) is 12.9. The normalized spacial score (nSPS) is 20.6. The molecular formula is C17H27NO2. The third kappa shape index (κ3) is 4.05. The van der Waals surface area contributed by atoms with Crippen molar-refractivity contribution < 1.29 is 9.84 Å². The van der Waals surface area contributed by atoms with Crippen LogP contribution in [0, 0.1) is 19.8 Å². The highest BCUT2D eigenvalue weighted by molar-refractivity contribution is 5.32. The summed E-state index contributed by atoms with van der Waals surface area (Å²) in [4.78, 5) is 2.34. The van der Waals surface area contributed by atoms with Crippen LogP contribution in [-0.4, -0.2) is 42.9 Å². The third-order valence-corrected chi connectivity index (χ3v) is 4.21. The predicted molar refractivity (Wildman–Crippen MR) is 81.9 cm³/mol. The van der Waals surface area contributed by atoms with Gasteiger partial charge in [-0.1, -0.05) is 30.7 Å². The van der Waals surface area contributed by atoms with Crippen LogP contribution in [0.15, 0.2) is 18.2 Å². The molecule has 1 aliphatic rings. The average molecular weight is 277 g/mol. The number of rotatable bonds is 6. The van der Waals surface area contributed by atoms with E-state index in [4.69, 9.17) is 4.74 Å². The summed E-state index contributed by atoms with van der Waals surface area (Å²) in [5.74, 6) is 0.626. The topological polar surface area (TPSA) is 32.7 Å². The Labute approximate surface area is 122 Å². The van der Waals surface area contributed by atoms with E-state index in [-0.39, 0.29) is 0 Å². The zero-order chi connectivity index (χ0) is 14.5. The van der Waals surface area contributed by atoms with E-state index in [1.165, 1.54) is 11.1 Å². The Morgan fingerprint density at radius 3 is 2.85 bits per heavy atom. The van der Waals surface area contributed by atoms with Gasteiger partial charge in [-0.25, -0.2) is 0 Å². The van der Waals surface area contributed by atoms with Crippen molar-refractivity contribution in [3.63, 3.8) is 0 Å². The highest BCUT2D eigenvalue weighted by Crippen LogP contribution is 2.21. The molecule has 3 nitrogen and oxygen atoms in total. The van der Waals surface area contributed by atoms with Crippen LogP contribution in [0.5, 0.6) is 0 Å². The van der Waals surface area contributed by atoms with Crippen LogP contribution in [0.2, 0.25) is 0 Å². The van der Waals surface area contributed by atoms with Crippen molar-refractivity contribution in [1.82, 2.24) is 4.90 Å². The summed E-state index contributed by atoms with van der Waals surface area (Å²) < 4.78 is 5.44. The maximum absolute atomic E-state index is 10.5. The van der Waals surface area contributed by atoms with Gasteiger partial charge >= 0.3 is 0 Å². The van der Waals surface area contributed by atoms with Gasteiger partial charge in [0, 0.05) is 19.7 Å². The van der Waals surface area contributed by atoms with Gasteiger partial charge in [-0.2, -0.15) is 0 Å². The Balaban J connectivity index is 1.97. The van der Waals surface area contributed by atoms with Gasteiger partial charge in [0.1, 0.15) is 0 Å². The molecule has 1 aromatic carbocycles. The summed E-state index contributed by atoms with van der Waals surface area (Å²) >= 11 is 0. The number of likely N-dealkylation sites (N-methyl/N-ethyl adjacent to an activating group) is 1. The van der Waals surface area contributed by atoms with Crippen LogP contribution in [-0.2, 0) is 4.74 Å². The first-order chi connectivity index (χ1) is 9.60. The molecule has 1 aliphatic heterocycles. The molecule has 2 rings (SSSR count). The molecule has 1 saturated heterocycles. The molecule has 1 N–H and O–H groups in total. The molecule has 0 saturated carbocycles. The van der Waals surface area contributed by atoms with Gasteiger partial charge in [0.15, 0.2) is 0 Å². The predicted octanol–water partition coefficient (Wildman–Crippen LogP) is 2.70. The Hall–Kier alpha value is -0.900. The molecule has 2 atom stereocenters. The first-order valence-electron chi connectivity index (χ1n) is 7.65. The maximum Gasteiger partial charge on any atom is 0.0919 e. The van der Waals surface area contributed by atoms with Crippen LogP contribution < -0.4 is 0 Å². The van der Waals surface area contributed by atoms with E-state index in [0.29, 0.717) is 12.5 Å². The fourth-order valence-corrected chi connectivity index (χ4v) is 2.89. The monoisotopic (exact) mass is 277 g/mol. The molecule has 1 aromatic rings. The van der Waals surface area contributed by atoms with Gasteiger partial charge < -0.3 is 14.7 Å². The van der Waals surface area contributed by atoms with E-state index in [1.54, 1.807) is 0 Å².